The van der Waals surface area contributed by atoms with Crippen molar-refractivity contribution in [2.24, 2.45) is 0 Å². The zero-order chi connectivity index (χ0) is 8.97. The average molecular weight is 167 g/mol. The van der Waals surface area contributed by atoms with Crippen molar-refractivity contribution in [2.75, 3.05) is 5.73 Å². The van der Waals surface area contributed by atoms with Crippen LogP contribution in [0.15, 0.2) is 30.3 Å². The third-order valence-electron chi connectivity index (χ3n) is 1.52. The highest BCUT2D eigenvalue weighted by molar-refractivity contribution is 5.35. The number of para-hydroxylation sites is 1. The summed E-state index contributed by atoms with van der Waals surface area (Å²) < 4.78 is 0. The van der Waals surface area contributed by atoms with Gasteiger partial charge in [-0.2, -0.15) is 0 Å². The molecule has 0 spiro atoms. The molecular formula is C9H13NO2. The second-order valence-corrected chi connectivity index (χ2v) is 2.78. The lowest BCUT2D eigenvalue weighted by Gasteiger charge is -1.83. The fourth-order valence-electron chi connectivity index (χ4n) is 0.622. The first-order chi connectivity index (χ1) is 5.70. The van der Waals surface area contributed by atoms with E-state index in [1.165, 1.54) is 0 Å². The lowest BCUT2D eigenvalue weighted by molar-refractivity contribution is 0.180. The van der Waals surface area contributed by atoms with Gasteiger partial charge in [0.1, 0.15) is 0 Å². The topological polar surface area (TPSA) is 66.5 Å². The van der Waals surface area contributed by atoms with E-state index in [0.717, 1.165) is 5.69 Å². The molecule has 2 unspecified atom stereocenters. The number of anilines is 1. The van der Waals surface area contributed by atoms with Gasteiger partial charge in [-0.1, -0.05) is 18.2 Å². The van der Waals surface area contributed by atoms with Crippen LogP contribution < -0.4 is 5.73 Å². The molecule has 3 nitrogen and oxygen atoms in total. The van der Waals surface area contributed by atoms with Crippen molar-refractivity contribution >= 4 is 5.69 Å². The molecule has 2 rings (SSSR count). The molecule has 3 heteroatoms. The molecule has 0 aromatic heterocycles. The summed E-state index contributed by atoms with van der Waals surface area (Å²) in [5.74, 6) is 0. The summed E-state index contributed by atoms with van der Waals surface area (Å²) in [7, 11) is 0. The first-order valence-corrected chi connectivity index (χ1v) is 3.87. The molecule has 1 fully saturated rings. The third-order valence-corrected chi connectivity index (χ3v) is 1.52. The van der Waals surface area contributed by atoms with Crippen LogP contribution in [0.25, 0.3) is 0 Å². The van der Waals surface area contributed by atoms with Crippen molar-refractivity contribution in [3.05, 3.63) is 30.3 Å². The molecule has 1 aromatic rings. The summed E-state index contributed by atoms with van der Waals surface area (Å²) in [6.07, 6.45) is -0.204. The Morgan fingerprint density at radius 2 is 1.50 bits per heavy atom. The van der Waals surface area contributed by atoms with E-state index in [1.807, 2.05) is 30.3 Å². The molecular weight excluding hydrogens is 154 g/mol. The van der Waals surface area contributed by atoms with E-state index >= 15 is 0 Å². The van der Waals surface area contributed by atoms with E-state index in [-0.39, 0.29) is 0 Å². The highest BCUT2D eigenvalue weighted by Gasteiger charge is 2.32. The summed E-state index contributed by atoms with van der Waals surface area (Å²) in [5, 5.41) is 16.4. The summed E-state index contributed by atoms with van der Waals surface area (Å²) >= 11 is 0. The Hall–Kier alpha value is -1.06. The van der Waals surface area contributed by atoms with Crippen molar-refractivity contribution < 1.29 is 10.2 Å². The normalized spacial score (nSPS) is 25.5. The zero-order valence-corrected chi connectivity index (χ0v) is 6.72. The number of aliphatic hydroxyl groups excluding tert-OH is 2. The van der Waals surface area contributed by atoms with Gasteiger partial charge in [0, 0.05) is 12.1 Å². The van der Waals surface area contributed by atoms with Crippen LogP contribution in [-0.4, -0.2) is 22.4 Å². The lowest BCUT2D eigenvalue weighted by atomic mass is 10.3. The van der Waals surface area contributed by atoms with Gasteiger partial charge in [-0.3, -0.25) is 0 Å². The maximum atomic E-state index is 8.19. The Balaban J connectivity index is 0.000000127. The van der Waals surface area contributed by atoms with Gasteiger partial charge >= 0.3 is 0 Å². The van der Waals surface area contributed by atoms with Gasteiger partial charge < -0.3 is 15.9 Å². The molecule has 0 heterocycles. The molecule has 0 radical (unpaired) electrons. The minimum Gasteiger partial charge on any atom is -0.399 e. The van der Waals surface area contributed by atoms with Gasteiger partial charge in [0.15, 0.2) is 0 Å². The van der Waals surface area contributed by atoms with Crippen LogP contribution in [0.4, 0.5) is 5.69 Å². The van der Waals surface area contributed by atoms with Crippen molar-refractivity contribution in [1.29, 1.82) is 0 Å². The van der Waals surface area contributed by atoms with Crippen LogP contribution in [0.1, 0.15) is 6.42 Å². The van der Waals surface area contributed by atoms with Crippen LogP contribution in [0.5, 0.6) is 0 Å². The van der Waals surface area contributed by atoms with Crippen molar-refractivity contribution in [1.82, 2.24) is 0 Å². The second-order valence-electron chi connectivity index (χ2n) is 2.78. The molecule has 1 saturated carbocycles. The Labute approximate surface area is 71.5 Å². The van der Waals surface area contributed by atoms with Crippen LogP contribution >= 0.6 is 0 Å². The fraction of sp³-hybridized carbons (Fsp3) is 0.333. The first-order valence-electron chi connectivity index (χ1n) is 3.87. The first kappa shape index (κ1) is 9.03. The highest BCUT2D eigenvalue weighted by Crippen LogP contribution is 2.18. The second kappa shape index (κ2) is 4.09. The number of nitrogen functional groups attached to an aromatic ring is 1. The SMILES string of the molecule is Nc1ccccc1.OC1CC1O. The zero-order valence-electron chi connectivity index (χ0n) is 6.72. The fourth-order valence-corrected chi connectivity index (χ4v) is 0.622. The van der Waals surface area contributed by atoms with E-state index in [9.17, 15) is 0 Å². The van der Waals surface area contributed by atoms with E-state index in [1.54, 1.807) is 0 Å². The Morgan fingerprint density at radius 1 is 1.08 bits per heavy atom. The molecule has 0 bridgehead atoms. The average Bonchev–Trinajstić information content (AvgIpc) is 2.67. The van der Waals surface area contributed by atoms with Crippen molar-refractivity contribution in [3.63, 3.8) is 0 Å². The summed E-state index contributed by atoms with van der Waals surface area (Å²) in [6.45, 7) is 0. The molecule has 1 aromatic carbocycles. The number of rotatable bonds is 0. The molecule has 1 aliphatic carbocycles. The minimum atomic E-state index is -0.394. The van der Waals surface area contributed by atoms with Gasteiger partial charge in [-0.25, -0.2) is 0 Å². The van der Waals surface area contributed by atoms with Gasteiger partial charge in [0.2, 0.25) is 0 Å². The quantitative estimate of drug-likeness (QED) is 0.489. The van der Waals surface area contributed by atoms with Crippen LogP contribution in [0, 0.1) is 0 Å². The molecule has 0 amide bonds. The standard InChI is InChI=1S/C6H7N.C3H6O2/c7-6-4-2-1-3-5-6;4-2-1-3(2)5/h1-5H,7H2;2-5H,1H2. The molecule has 12 heavy (non-hydrogen) atoms. The van der Waals surface area contributed by atoms with Crippen LogP contribution in [0.3, 0.4) is 0 Å². The molecule has 66 valence electrons. The smallest absolute Gasteiger partial charge is 0.0825 e. The maximum absolute atomic E-state index is 8.19. The number of hydrogen-bond acceptors (Lipinski definition) is 3. The predicted molar refractivity (Wildman–Crippen MR) is 47.5 cm³/mol. The largest absolute Gasteiger partial charge is 0.399 e. The Kier molecular flexibility index (Phi) is 3.08. The Bertz CT molecular complexity index is 219. The maximum Gasteiger partial charge on any atom is 0.0825 e. The van der Waals surface area contributed by atoms with Crippen LogP contribution in [-0.2, 0) is 0 Å². The monoisotopic (exact) mass is 167 g/mol. The Morgan fingerprint density at radius 3 is 1.67 bits per heavy atom. The molecule has 4 N–H and O–H groups in total. The summed E-state index contributed by atoms with van der Waals surface area (Å²) in [4.78, 5) is 0. The predicted octanol–water partition coefficient (Wildman–Crippen LogP) is 0.381. The van der Waals surface area contributed by atoms with E-state index in [0.29, 0.717) is 6.42 Å². The molecule has 0 saturated heterocycles. The number of hydrogen-bond donors (Lipinski definition) is 3. The summed E-state index contributed by atoms with van der Waals surface area (Å²) in [6, 6.07) is 9.49. The minimum absolute atomic E-state index is 0.394. The highest BCUT2D eigenvalue weighted by atomic mass is 16.3. The van der Waals surface area contributed by atoms with Gasteiger partial charge in [-0.15, -0.1) is 0 Å². The van der Waals surface area contributed by atoms with Crippen LogP contribution in [0.2, 0.25) is 0 Å². The number of nitrogens with two attached hydrogens (primary N) is 1. The van der Waals surface area contributed by atoms with Gasteiger partial charge in [0.25, 0.3) is 0 Å². The van der Waals surface area contributed by atoms with Gasteiger partial charge in [-0.05, 0) is 12.1 Å². The summed E-state index contributed by atoms with van der Waals surface area (Å²) in [5.41, 5.74) is 6.18. The molecule has 1 aliphatic rings. The lowest BCUT2D eigenvalue weighted by Crippen LogP contribution is -1.85. The van der Waals surface area contributed by atoms with E-state index in [2.05, 4.69) is 0 Å². The number of aliphatic hydroxyl groups is 2. The van der Waals surface area contributed by atoms with E-state index in [4.69, 9.17) is 15.9 Å². The molecule has 2 atom stereocenters. The third kappa shape index (κ3) is 3.37. The molecule has 0 aliphatic heterocycles. The van der Waals surface area contributed by atoms with E-state index < -0.39 is 12.2 Å². The number of benzene rings is 1. The van der Waals surface area contributed by atoms with Crippen molar-refractivity contribution in [2.45, 2.75) is 18.6 Å². The van der Waals surface area contributed by atoms with Crippen molar-refractivity contribution in [3.8, 4) is 0 Å². The van der Waals surface area contributed by atoms with Gasteiger partial charge in [0.05, 0.1) is 12.2 Å².